The maximum atomic E-state index is 8.11. The van der Waals surface area contributed by atoms with Crippen LogP contribution in [-0.2, 0) is 0 Å². The lowest BCUT2D eigenvalue weighted by Crippen LogP contribution is -2.03. The van der Waals surface area contributed by atoms with Crippen molar-refractivity contribution in [1.82, 2.24) is 0 Å². The molecule has 0 saturated carbocycles. The first kappa shape index (κ1) is 29.7. The summed E-state index contributed by atoms with van der Waals surface area (Å²) < 4.78 is 0. The summed E-state index contributed by atoms with van der Waals surface area (Å²) in [4.78, 5) is 0. The van der Waals surface area contributed by atoms with Crippen molar-refractivity contribution >= 4 is 0 Å². The Kier molecular flexibility index (Phi) is 37.6. The van der Waals surface area contributed by atoms with Crippen molar-refractivity contribution in [3.63, 3.8) is 0 Å². The minimum absolute atomic E-state index is 0.139. The average molecular weight is 361 g/mol. The summed E-state index contributed by atoms with van der Waals surface area (Å²) in [5.74, 6) is 0. The third kappa shape index (κ3) is 45.3. The average Bonchev–Trinajstić information content (AvgIpc) is 2.62. The molecule has 0 heterocycles. The van der Waals surface area contributed by atoms with E-state index in [1.165, 1.54) is 110 Å². The lowest BCUT2D eigenvalue weighted by atomic mass is 10.1. The van der Waals surface area contributed by atoms with Crippen molar-refractivity contribution in [3.05, 3.63) is 0 Å². The third-order valence-electron chi connectivity index (χ3n) is 4.18. The quantitative estimate of drug-likeness (QED) is 0.294. The van der Waals surface area contributed by atoms with E-state index in [-0.39, 0.29) is 6.61 Å². The van der Waals surface area contributed by atoms with Gasteiger partial charge in [0.15, 0.2) is 0 Å². The SMILES string of the molecule is CC(O)CO.CCCCCCCCCC.CCCCCCCCCC. The molecule has 0 saturated heterocycles. The molecule has 156 valence electrons. The molecule has 0 aliphatic rings. The van der Waals surface area contributed by atoms with Crippen LogP contribution in [0.3, 0.4) is 0 Å². The number of aliphatic hydroxyl groups is 2. The fourth-order valence-corrected chi connectivity index (χ4v) is 2.41. The van der Waals surface area contributed by atoms with Crippen molar-refractivity contribution in [2.45, 2.75) is 143 Å². The Morgan fingerprint density at radius 2 is 0.640 bits per heavy atom. The van der Waals surface area contributed by atoms with Gasteiger partial charge < -0.3 is 10.2 Å². The Balaban J connectivity index is -0.000000308. The van der Waals surface area contributed by atoms with Gasteiger partial charge in [-0.2, -0.15) is 0 Å². The maximum Gasteiger partial charge on any atom is 0.0742 e. The summed E-state index contributed by atoms with van der Waals surface area (Å²) in [5.41, 5.74) is 0. The van der Waals surface area contributed by atoms with Crippen LogP contribution in [-0.4, -0.2) is 22.9 Å². The maximum absolute atomic E-state index is 8.11. The fourth-order valence-electron chi connectivity index (χ4n) is 2.41. The normalized spacial score (nSPS) is 11.2. The molecule has 1 unspecified atom stereocenters. The summed E-state index contributed by atoms with van der Waals surface area (Å²) >= 11 is 0. The molecule has 0 fully saturated rings. The van der Waals surface area contributed by atoms with Crippen molar-refractivity contribution in [2.24, 2.45) is 0 Å². The molecule has 1 atom stereocenters. The molecule has 0 aliphatic heterocycles. The Labute approximate surface area is 160 Å². The molecule has 0 aromatic rings. The fraction of sp³-hybridized carbons (Fsp3) is 1.00. The first-order valence-electron chi connectivity index (χ1n) is 11.4. The summed E-state index contributed by atoms with van der Waals surface area (Å²) in [6.45, 7) is 10.5. The van der Waals surface area contributed by atoms with Crippen LogP contribution < -0.4 is 0 Å². The van der Waals surface area contributed by atoms with Crippen molar-refractivity contribution in [2.75, 3.05) is 6.61 Å². The molecule has 0 radical (unpaired) electrons. The van der Waals surface area contributed by atoms with Gasteiger partial charge in [-0.05, 0) is 6.92 Å². The van der Waals surface area contributed by atoms with Gasteiger partial charge in [-0.3, -0.25) is 0 Å². The summed E-state index contributed by atoms with van der Waals surface area (Å²) in [6.07, 6.45) is 22.4. The van der Waals surface area contributed by atoms with Crippen LogP contribution >= 0.6 is 0 Å². The number of hydrogen-bond acceptors (Lipinski definition) is 2. The first-order valence-corrected chi connectivity index (χ1v) is 11.4. The smallest absolute Gasteiger partial charge is 0.0742 e. The highest BCUT2D eigenvalue weighted by atomic mass is 16.3. The predicted molar refractivity (Wildman–Crippen MR) is 115 cm³/mol. The van der Waals surface area contributed by atoms with Gasteiger partial charge in [0.25, 0.3) is 0 Å². The number of rotatable bonds is 15. The van der Waals surface area contributed by atoms with E-state index in [9.17, 15) is 0 Å². The van der Waals surface area contributed by atoms with Crippen LogP contribution in [0.4, 0.5) is 0 Å². The number of hydrogen-bond donors (Lipinski definition) is 2. The summed E-state index contributed by atoms with van der Waals surface area (Å²) in [7, 11) is 0. The van der Waals surface area contributed by atoms with E-state index in [0.29, 0.717) is 0 Å². The van der Waals surface area contributed by atoms with E-state index >= 15 is 0 Å². The van der Waals surface area contributed by atoms with Gasteiger partial charge in [0, 0.05) is 0 Å². The molecule has 2 nitrogen and oxygen atoms in total. The molecular weight excluding hydrogens is 308 g/mol. The topological polar surface area (TPSA) is 40.5 Å². The van der Waals surface area contributed by atoms with E-state index in [4.69, 9.17) is 10.2 Å². The van der Waals surface area contributed by atoms with Crippen LogP contribution in [0.15, 0.2) is 0 Å². The summed E-state index contributed by atoms with van der Waals surface area (Å²) in [5, 5.41) is 16.0. The Morgan fingerprint density at radius 1 is 0.480 bits per heavy atom. The zero-order chi connectivity index (χ0) is 19.6. The molecule has 0 aromatic carbocycles. The standard InChI is InChI=1S/2C10H22.C3H8O2/c2*1-3-5-7-9-10-8-6-4-2;1-3(5)2-4/h2*3-10H2,1-2H3;3-5H,2H2,1H3. The molecule has 0 spiro atoms. The van der Waals surface area contributed by atoms with E-state index in [2.05, 4.69) is 27.7 Å². The van der Waals surface area contributed by atoms with E-state index in [0.717, 1.165) is 0 Å². The monoisotopic (exact) mass is 360 g/mol. The highest BCUT2D eigenvalue weighted by Crippen LogP contribution is 2.08. The van der Waals surface area contributed by atoms with Gasteiger partial charge in [0.1, 0.15) is 0 Å². The van der Waals surface area contributed by atoms with E-state index < -0.39 is 6.10 Å². The number of aliphatic hydroxyl groups excluding tert-OH is 2. The largest absolute Gasteiger partial charge is 0.394 e. The van der Waals surface area contributed by atoms with Crippen LogP contribution in [0.25, 0.3) is 0 Å². The highest BCUT2D eigenvalue weighted by Gasteiger charge is 1.88. The van der Waals surface area contributed by atoms with Gasteiger partial charge in [-0.1, -0.05) is 130 Å². The predicted octanol–water partition coefficient (Wildman–Crippen LogP) is 7.65. The Hall–Kier alpha value is -0.0800. The molecule has 25 heavy (non-hydrogen) atoms. The van der Waals surface area contributed by atoms with Crippen LogP contribution in [0.2, 0.25) is 0 Å². The molecule has 0 bridgehead atoms. The van der Waals surface area contributed by atoms with Crippen LogP contribution in [0.1, 0.15) is 137 Å². The van der Waals surface area contributed by atoms with Crippen LogP contribution in [0, 0.1) is 0 Å². The van der Waals surface area contributed by atoms with Crippen molar-refractivity contribution in [3.8, 4) is 0 Å². The van der Waals surface area contributed by atoms with Crippen molar-refractivity contribution in [1.29, 1.82) is 0 Å². The van der Waals surface area contributed by atoms with E-state index in [1.54, 1.807) is 0 Å². The second kappa shape index (κ2) is 31.7. The van der Waals surface area contributed by atoms with E-state index in [1.807, 2.05) is 0 Å². The minimum Gasteiger partial charge on any atom is -0.394 e. The second-order valence-electron chi connectivity index (χ2n) is 7.27. The molecule has 2 N–H and O–H groups in total. The van der Waals surface area contributed by atoms with Gasteiger partial charge in [-0.25, -0.2) is 0 Å². The van der Waals surface area contributed by atoms with Gasteiger partial charge in [0.2, 0.25) is 0 Å². The molecule has 0 rings (SSSR count). The first-order chi connectivity index (χ1) is 12.1. The third-order valence-corrected chi connectivity index (χ3v) is 4.18. The number of unbranched alkanes of at least 4 members (excludes halogenated alkanes) is 14. The minimum atomic E-state index is -0.560. The van der Waals surface area contributed by atoms with Gasteiger partial charge in [-0.15, -0.1) is 0 Å². The molecular formula is C23H52O2. The molecule has 2 heteroatoms. The zero-order valence-corrected chi connectivity index (χ0v) is 18.5. The second-order valence-corrected chi connectivity index (χ2v) is 7.27. The molecule has 0 amide bonds. The van der Waals surface area contributed by atoms with Crippen molar-refractivity contribution < 1.29 is 10.2 Å². The lowest BCUT2D eigenvalue weighted by Gasteiger charge is -1.97. The molecule has 0 aromatic heterocycles. The zero-order valence-electron chi connectivity index (χ0n) is 18.5. The van der Waals surface area contributed by atoms with Gasteiger partial charge >= 0.3 is 0 Å². The molecule has 0 aliphatic carbocycles. The van der Waals surface area contributed by atoms with Gasteiger partial charge in [0.05, 0.1) is 12.7 Å². The highest BCUT2D eigenvalue weighted by molar-refractivity contribution is 4.44. The summed E-state index contributed by atoms with van der Waals surface area (Å²) in [6, 6.07) is 0. The lowest BCUT2D eigenvalue weighted by molar-refractivity contribution is 0.110. The Morgan fingerprint density at radius 3 is 0.760 bits per heavy atom. The van der Waals surface area contributed by atoms with Crippen LogP contribution in [0.5, 0.6) is 0 Å². The Bertz CT molecular complexity index is 149.